The Morgan fingerprint density at radius 2 is 1.92 bits per heavy atom. The number of anilines is 1. The summed E-state index contributed by atoms with van der Waals surface area (Å²) in [6.07, 6.45) is 3.93. The number of ether oxygens (including phenoxy) is 1. The maximum atomic E-state index is 13.6. The minimum atomic E-state index is -0.413. The van der Waals surface area contributed by atoms with Crippen LogP contribution in [0.15, 0.2) is 41.3 Å². The number of rotatable bonds is 5. The topological polar surface area (TPSA) is 95.9 Å². The van der Waals surface area contributed by atoms with Gasteiger partial charge in [-0.2, -0.15) is 0 Å². The Bertz CT molecular complexity index is 1450. The molecule has 2 saturated heterocycles. The highest BCUT2D eigenvalue weighted by Gasteiger charge is 2.27. The standard InChI is InChI=1S/C26H26ClN5O4/c27-16-3-4-21-20(11-16)32-14-19(26(35)29-5-9-30-7-1-2-8-30)25(34)18-12-17(13-22(36-21)24(18)32)31-10-6-28-23(33)15-31/h3-4,11-14H,1-2,5-10,15H2,(H,28,33)(H,29,35). The highest BCUT2D eigenvalue weighted by atomic mass is 35.5. The van der Waals surface area contributed by atoms with E-state index in [-0.39, 0.29) is 23.4 Å². The molecular weight excluding hydrogens is 482 g/mol. The van der Waals surface area contributed by atoms with Crippen molar-refractivity contribution in [2.45, 2.75) is 12.8 Å². The first-order chi connectivity index (χ1) is 17.5. The van der Waals surface area contributed by atoms with Gasteiger partial charge in [0.2, 0.25) is 11.3 Å². The molecule has 0 aliphatic carbocycles. The minimum absolute atomic E-state index is 0.0521. The second kappa shape index (κ2) is 9.15. The molecule has 1 aromatic heterocycles. The van der Waals surface area contributed by atoms with Crippen molar-refractivity contribution in [3.05, 3.63) is 57.3 Å². The number of amides is 2. The zero-order chi connectivity index (χ0) is 24.8. The molecule has 0 radical (unpaired) electrons. The molecular formula is C26H26ClN5O4. The number of carbonyl (C=O) groups excluding carboxylic acids is 2. The summed E-state index contributed by atoms with van der Waals surface area (Å²) in [5.74, 6) is 0.552. The molecule has 2 aromatic carbocycles. The number of aromatic nitrogens is 1. The van der Waals surface area contributed by atoms with Gasteiger partial charge in [0.25, 0.3) is 5.91 Å². The van der Waals surface area contributed by atoms with Gasteiger partial charge in [0, 0.05) is 49.2 Å². The van der Waals surface area contributed by atoms with Gasteiger partial charge in [-0.05, 0) is 50.2 Å². The lowest BCUT2D eigenvalue weighted by atomic mass is 10.1. The second-order valence-electron chi connectivity index (χ2n) is 9.37. The molecule has 9 nitrogen and oxygen atoms in total. The van der Waals surface area contributed by atoms with E-state index in [1.807, 2.05) is 11.0 Å². The summed E-state index contributed by atoms with van der Waals surface area (Å²) in [5, 5.41) is 6.60. The third-order valence-corrected chi connectivity index (χ3v) is 7.24. The molecule has 3 aliphatic heterocycles. The zero-order valence-electron chi connectivity index (χ0n) is 19.7. The van der Waals surface area contributed by atoms with Gasteiger partial charge in [-0.25, -0.2) is 0 Å². The number of likely N-dealkylation sites (tertiary alicyclic amines) is 1. The van der Waals surface area contributed by atoms with Gasteiger partial charge in [0.1, 0.15) is 11.1 Å². The van der Waals surface area contributed by atoms with E-state index in [4.69, 9.17) is 16.3 Å². The van der Waals surface area contributed by atoms with Crippen molar-refractivity contribution in [3.8, 4) is 17.2 Å². The van der Waals surface area contributed by atoms with Gasteiger partial charge in [-0.3, -0.25) is 14.4 Å². The van der Waals surface area contributed by atoms with Crippen LogP contribution >= 0.6 is 11.6 Å². The summed E-state index contributed by atoms with van der Waals surface area (Å²) < 4.78 is 7.99. The zero-order valence-corrected chi connectivity index (χ0v) is 20.4. The van der Waals surface area contributed by atoms with Crippen LogP contribution in [0.25, 0.3) is 16.6 Å². The lowest BCUT2D eigenvalue weighted by Crippen LogP contribution is -2.47. The van der Waals surface area contributed by atoms with Crippen molar-refractivity contribution in [2.75, 3.05) is 50.7 Å². The highest BCUT2D eigenvalue weighted by Crippen LogP contribution is 2.42. The molecule has 6 rings (SSSR count). The molecule has 2 N–H and O–H groups in total. The predicted octanol–water partition coefficient (Wildman–Crippen LogP) is 2.51. The average Bonchev–Trinajstić information content (AvgIpc) is 3.39. The van der Waals surface area contributed by atoms with Crippen LogP contribution in [0.4, 0.5) is 5.69 Å². The van der Waals surface area contributed by atoms with Gasteiger partial charge in [0.15, 0.2) is 11.5 Å². The monoisotopic (exact) mass is 507 g/mol. The van der Waals surface area contributed by atoms with E-state index < -0.39 is 5.91 Å². The van der Waals surface area contributed by atoms with Crippen molar-refractivity contribution in [2.24, 2.45) is 0 Å². The SMILES string of the molecule is O=C1CN(c2cc3c4c(c2)c(=O)c(C(=O)NCCN2CCCC2)cn4-c2cc(Cl)ccc2O3)CCN1. The van der Waals surface area contributed by atoms with Crippen LogP contribution in [0.3, 0.4) is 0 Å². The number of nitrogens with one attached hydrogen (secondary N) is 2. The molecule has 0 bridgehead atoms. The van der Waals surface area contributed by atoms with E-state index >= 15 is 0 Å². The number of halogens is 1. The molecule has 4 heterocycles. The number of benzene rings is 2. The summed E-state index contributed by atoms with van der Waals surface area (Å²) in [6.45, 7) is 4.60. The van der Waals surface area contributed by atoms with E-state index in [0.717, 1.165) is 19.6 Å². The molecule has 3 aliphatic rings. The third kappa shape index (κ3) is 4.08. The number of nitrogens with zero attached hydrogens (tertiary/aromatic N) is 3. The van der Waals surface area contributed by atoms with Gasteiger partial charge in [0.05, 0.1) is 17.6 Å². The third-order valence-electron chi connectivity index (χ3n) is 7.01. The fourth-order valence-corrected chi connectivity index (χ4v) is 5.36. The van der Waals surface area contributed by atoms with E-state index in [1.165, 1.54) is 12.8 Å². The first kappa shape index (κ1) is 22.9. The van der Waals surface area contributed by atoms with Gasteiger partial charge in [-0.1, -0.05) is 11.6 Å². The number of piperazine rings is 1. The van der Waals surface area contributed by atoms with Crippen LogP contribution in [0.1, 0.15) is 23.2 Å². The Labute approximate surface area is 212 Å². The van der Waals surface area contributed by atoms with Crippen molar-refractivity contribution in [3.63, 3.8) is 0 Å². The van der Waals surface area contributed by atoms with Crippen LogP contribution in [-0.4, -0.2) is 67.1 Å². The first-order valence-electron chi connectivity index (χ1n) is 12.2. The molecule has 0 saturated carbocycles. The summed E-state index contributed by atoms with van der Waals surface area (Å²) in [6, 6.07) is 8.83. The quantitative estimate of drug-likeness (QED) is 0.431. The van der Waals surface area contributed by atoms with Gasteiger partial charge in [-0.15, -0.1) is 0 Å². The number of pyridine rings is 1. The lowest BCUT2D eigenvalue weighted by Gasteiger charge is -2.30. The number of hydrogen-bond donors (Lipinski definition) is 2. The lowest BCUT2D eigenvalue weighted by molar-refractivity contribution is -0.120. The Balaban J connectivity index is 1.45. The number of carbonyl (C=O) groups is 2. The molecule has 0 atom stereocenters. The van der Waals surface area contributed by atoms with Gasteiger partial charge < -0.3 is 29.7 Å². The van der Waals surface area contributed by atoms with Crippen LogP contribution in [0.2, 0.25) is 5.02 Å². The molecule has 36 heavy (non-hydrogen) atoms. The Hall–Kier alpha value is -3.56. The molecule has 186 valence electrons. The average molecular weight is 508 g/mol. The van der Waals surface area contributed by atoms with Crippen LogP contribution in [0, 0.1) is 0 Å². The molecule has 0 spiro atoms. The number of hydrogen-bond acceptors (Lipinski definition) is 6. The van der Waals surface area contributed by atoms with E-state index in [0.29, 0.717) is 58.4 Å². The van der Waals surface area contributed by atoms with E-state index in [2.05, 4.69) is 15.5 Å². The smallest absolute Gasteiger partial charge is 0.256 e. The fourth-order valence-electron chi connectivity index (χ4n) is 5.20. The Morgan fingerprint density at radius 3 is 2.72 bits per heavy atom. The second-order valence-corrected chi connectivity index (χ2v) is 9.81. The summed E-state index contributed by atoms with van der Waals surface area (Å²) in [4.78, 5) is 43.1. The fraction of sp³-hybridized carbons (Fsp3) is 0.346. The van der Waals surface area contributed by atoms with Crippen LogP contribution < -0.4 is 25.7 Å². The Kier molecular flexibility index (Phi) is 5.81. The highest BCUT2D eigenvalue weighted by molar-refractivity contribution is 6.30. The van der Waals surface area contributed by atoms with Crippen LogP contribution in [0.5, 0.6) is 11.5 Å². The van der Waals surface area contributed by atoms with E-state index in [1.54, 1.807) is 35.0 Å². The predicted molar refractivity (Wildman–Crippen MR) is 138 cm³/mol. The van der Waals surface area contributed by atoms with Crippen molar-refractivity contribution in [1.82, 2.24) is 20.1 Å². The normalized spacial score (nSPS) is 17.0. The summed E-state index contributed by atoms with van der Waals surface area (Å²) in [5.41, 5.74) is 1.58. The van der Waals surface area contributed by atoms with Crippen LogP contribution in [-0.2, 0) is 4.79 Å². The van der Waals surface area contributed by atoms with Crippen molar-refractivity contribution in [1.29, 1.82) is 0 Å². The largest absolute Gasteiger partial charge is 0.453 e. The van der Waals surface area contributed by atoms with E-state index in [9.17, 15) is 14.4 Å². The minimum Gasteiger partial charge on any atom is -0.453 e. The molecule has 0 unspecified atom stereocenters. The maximum absolute atomic E-state index is 13.6. The Morgan fingerprint density at radius 1 is 1.08 bits per heavy atom. The maximum Gasteiger partial charge on any atom is 0.256 e. The van der Waals surface area contributed by atoms with Crippen molar-refractivity contribution < 1.29 is 14.3 Å². The molecule has 3 aromatic rings. The number of fused-ring (bicyclic) bond motifs is 2. The first-order valence-corrected chi connectivity index (χ1v) is 12.6. The molecule has 2 fully saturated rings. The van der Waals surface area contributed by atoms with Gasteiger partial charge >= 0.3 is 0 Å². The van der Waals surface area contributed by atoms with Crippen molar-refractivity contribution >= 4 is 40.0 Å². The summed E-state index contributed by atoms with van der Waals surface area (Å²) >= 11 is 6.28. The molecule has 10 heteroatoms. The molecule has 2 amide bonds. The summed E-state index contributed by atoms with van der Waals surface area (Å²) in [7, 11) is 0.